The third kappa shape index (κ3) is 4.13. The molecule has 2 aromatic rings. The minimum absolute atomic E-state index is 0.606. The van der Waals surface area contributed by atoms with Gasteiger partial charge in [0.05, 0.1) is 13.6 Å². The van der Waals surface area contributed by atoms with Gasteiger partial charge in [-0.25, -0.2) is 0 Å². The zero-order valence-electron chi connectivity index (χ0n) is 17.3. The molecule has 156 valence electrons. The third-order valence-electron chi connectivity index (χ3n) is 6.03. The van der Waals surface area contributed by atoms with E-state index in [1.54, 1.807) is 6.07 Å². The van der Waals surface area contributed by atoms with Gasteiger partial charge in [0.25, 0.3) is 5.71 Å². The topological polar surface area (TPSA) is 6.25 Å². The normalized spacial score (nSPS) is 18.5. The average molecular weight is 495 g/mol. The van der Waals surface area contributed by atoms with E-state index in [0.717, 1.165) is 40.7 Å². The van der Waals surface area contributed by atoms with Crippen molar-refractivity contribution in [1.82, 2.24) is 4.90 Å². The van der Waals surface area contributed by atoms with Crippen LogP contribution >= 0.6 is 47.0 Å². The maximum Gasteiger partial charge on any atom is 0.256 e. The molecule has 7 heteroatoms. The highest BCUT2D eigenvalue weighted by Gasteiger charge is 2.44. The summed E-state index contributed by atoms with van der Waals surface area (Å²) < 4.78 is 2.18. The molecule has 1 saturated heterocycles. The second-order valence-electron chi connectivity index (χ2n) is 8.72. The highest BCUT2D eigenvalue weighted by atomic mass is 35.5. The van der Waals surface area contributed by atoms with Crippen molar-refractivity contribution in [3.05, 3.63) is 68.7 Å². The summed E-state index contributed by atoms with van der Waals surface area (Å²) >= 11 is 24.9. The highest BCUT2D eigenvalue weighted by Crippen LogP contribution is 2.40. The molecule has 2 aromatic carbocycles. The van der Waals surface area contributed by atoms with Crippen molar-refractivity contribution < 1.29 is 4.58 Å². The van der Waals surface area contributed by atoms with Crippen molar-refractivity contribution in [2.24, 2.45) is 0 Å². The Hall–Kier alpha value is -1.17. The van der Waals surface area contributed by atoms with E-state index in [9.17, 15) is 0 Å². The number of hydrogen-bond acceptors (Lipinski definition) is 1. The average Bonchev–Trinajstić information content (AvgIpc) is 2.68. The molecule has 30 heavy (non-hydrogen) atoms. The Labute approximate surface area is 199 Å². The van der Waals surface area contributed by atoms with Crippen LogP contribution < -0.4 is 0 Å². The van der Waals surface area contributed by atoms with Gasteiger partial charge in [0.15, 0.2) is 4.99 Å². The summed E-state index contributed by atoms with van der Waals surface area (Å²) in [4.78, 5) is 3.27. The number of hydrogen-bond donors (Lipinski definition) is 0. The molecule has 0 radical (unpaired) electrons. The second-order valence-corrected chi connectivity index (χ2v) is 15.7. The first kappa shape index (κ1) is 22.0. The summed E-state index contributed by atoms with van der Waals surface area (Å²) in [5, 5.41) is 1.94. The van der Waals surface area contributed by atoms with Crippen LogP contribution in [0.4, 0.5) is 5.69 Å². The molecule has 0 aromatic heterocycles. The van der Waals surface area contributed by atoms with E-state index < -0.39 is 8.07 Å². The molecule has 2 aliphatic heterocycles. The number of halogens is 3. The molecule has 2 nitrogen and oxygen atoms in total. The predicted octanol–water partition coefficient (Wildman–Crippen LogP) is 7.53. The van der Waals surface area contributed by atoms with Gasteiger partial charge in [0.1, 0.15) is 5.02 Å². The van der Waals surface area contributed by atoms with Crippen LogP contribution in [0.1, 0.15) is 12.5 Å². The Morgan fingerprint density at radius 3 is 2.17 bits per heavy atom. The van der Waals surface area contributed by atoms with Gasteiger partial charge in [-0.2, -0.15) is 0 Å². The Morgan fingerprint density at radius 1 is 0.967 bits per heavy atom. The van der Waals surface area contributed by atoms with Crippen LogP contribution in [0.2, 0.25) is 40.3 Å². The van der Waals surface area contributed by atoms with Gasteiger partial charge in [-0.1, -0.05) is 60.1 Å². The minimum atomic E-state index is -1.07. The molecule has 2 heterocycles. The number of thiocarbonyl (C=S) groups is 1. The zero-order chi connectivity index (χ0) is 21.6. The fraction of sp³-hybridized carbons (Fsp3) is 0.304. The lowest BCUT2D eigenvalue weighted by atomic mass is 9.94. The Kier molecular flexibility index (Phi) is 6.17. The van der Waals surface area contributed by atoms with Gasteiger partial charge in [-0.15, -0.1) is 4.58 Å². The first-order valence-electron chi connectivity index (χ1n) is 10.1. The predicted molar refractivity (Wildman–Crippen MR) is 137 cm³/mol. The number of rotatable bonds is 3. The van der Waals surface area contributed by atoms with Crippen molar-refractivity contribution in [2.45, 2.75) is 32.1 Å². The number of benzene rings is 2. The summed E-state index contributed by atoms with van der Waals surface area (Å²) in [5.41, 5.74) is 5.30. The van der Waals surface area contributed by atoms with Crippen molar-refractivity contribution >= 4 is 77.2 Å². The lowest BCUT2D eigenvalue weighted by Gasteiger charge is -2.37. The highest BCUT2D eigenvalue weighted by molar-refractivity contribution is 7.82. The van der Waals surface area contributed by atoms with Crippen molar-refractivity contribution in [2.75, 3.05) is 13.1 Å². The monoisotopic (exact) mass is 493 g/mol. The molecule has 0 saturated carbocycles. The first-order valence-corrected chi connectivity index (χ1v) is 15.0. The molecule has 0 N–H and O–H groups in total. The van der Waals surface area contributed by atoms with Crippen LogP contribution in [0.5, 0.6) is 0 Å². The van der Waals surface area contributed by atoms with E-state index in [1.165, 1.54) is 17.7 Å². The first-order chi connectivity index (χ1) is 14.2. The molecular weight excluding hydrogens is 471 g/mol. The quantitative estimate of drug-likeness (QED) is 0.247. The second kappa shape index (κ2) is 8.40. The molecule has 0 atom stereocenters. The molecule has 1 fully saturated rings. The maximum absolute atomic E-state index is 6.62. The van der Waals surface area contributed by atoms with E-state index in [-0.39, 0.29) is 0 Å². The molecular formula is C23H24Cl3N2SSi+. The van der Waals surface area contributed by atoms with Gasteiger partial charge in [-0.3, -0.25) is 0 Å². The lowest BCUT2D eigenvalue weighted by Crippen LogP contribution is -2.50. The van der Waals surface area contributed by atoms with Gasteiger partial charge in [0.2, 0.25) is 11.4 Å². The summed E-state index contributed by atoms with van der Waals surface area (Å²) in [7, 11) is -1.07. The van der Waals surface area contributed by atoms with E-state index >= 15 is 0 Å². The van der Waals surface area contributed by atoms with Gasteiger partial charge in [0, 0.05) is 34.8 Å². The van der Waals surface area contributed by atoms with Gasteiger partial charge >= 0.3 is 0 Å². The Bertz CT molecular complexity index is 1080. The summed E-state index contributed by atoms with van der Waals surface area (Å²) in [5.74, 6) is 0. The molecule has 0 aliphatic carbocycles. The van der Waals surface area contributed by atoms with Crippen LogP contribution in [0.15, 0.2) is 48.0 Å². The maximum atomic E-state index is 6.62. The summed E-state index contributed by atoms with van der Waals surface area (Å²) in [6, 6.07) is 16.0. The van der Waals surface area contributed by atoms with Crippen LogP contribution in [0.25, 0.3) is 5.70 Å². The molecule has 0 amide bonds. The largest absolute Gasteiger partial charge is 0.358 e. The molecule has 0 unspecified atom stereocenters. The minimum Gasteiger partial charge on any atom is -0.358 e. The van der Waals surface area contributed by atoms with Crippen molar-refractivity contribution in [3.8, 4) is 0 Å². The van der Waals surface area contributed by atoms with E-state index in [1.807, 2.05) is 36.4 Å². The van der Waals surface area contributed by atoms with Gasteiger partial charge < -0.3 is 4.90 Å². The van der Waals surface area contributed by atoms with E-state index in [0.29, 0.717) is 15.1 Å². The third-order valence-corrected chi connectivity index (χ3v) is 10.4. The smallest absolute Gasteiger partial charge is 0.256 e. The zero-order valence-corrected chi connectivity index (χ0v) is 21.4. The van der Waals surface area contributed by atoms with E-state index in [4.69, 9.17) is 47.0 Å². The molecule has 0 spiro atoms. The lowest BCUT2D eigenvalue weighted by molar-refractivity contribution is -0.342. The molecule has 4 rings (SSSR count). The molecule has 0 bridgehead atoms. The Balaban J connectivity index is 1.77. The van der Waals surface area contributed by atoms with Gasteiger partial charge in [-0.05, 0) is 55.4 Å². The van der Waals surface area contributed by atoms with Crippen LogP contribution in [0, 0.1) is 0 Å². The summed E-state index contributed by atoms with van der Waals surface area (Å²) in [6.07, 6.45) is 0. The fourth-order valence-corrected chi connectivity index (χ4v) is 7.13. The van der Waals surface area contributed by atoms with E-state index in [2.05, 4.69) is 29.5 Å². The SMILES string of the molecule is CC1=C(c2ccc(Cl)cc2)[N+](c2ccc(Cl)cc2Cl)=C1C(=S)N1CC[Si](C)(C)CC1. The standard InChI is InChI=1S/C23H24Cl3N2SSi/c1-15-21(16-4-6-17(24)7-5-16)28(20-9-8-18(25)14-19(20)26)22(15)23(29)27-10-12-30(2,3)13-11-27/h4-9,14H,10-13H2,1-3H3/q+1. The van der Waals surface area contributed by atoms with Crippen LogP contribution in [-0.2, 0) is 0 Å². The van der Waals surface area contributed by atoms with Crippen molar-refractivity contribution in [3.63, 3.8) is 0 Å². The number of nitrogens with zero attached hydrogens (tertiary/aromatic N) is 2. The Morgan fingerprint density at radius 2 is 1.57 bits per heavy atom. The van der Waals surface area contributed by atoms with Crippen molar-refractivity contribution in [1.29, 1.82) is 0 Å². The summed E-state index contributed by atoms with van der Waals surface area (Å²) in [6.45, 7) is 9.13. The fourth-order valence-electron chi connectivity index (χ4n) is 4.08. The van der Waals surface area contributed by atoms with Crippen LogP contribution in [0.3, 0.4) is 0 Å². The van der Waals surface area contributed by atoms with Crippen LogP contribution in [-0.4, -0.2) is 41.3 Å². The molecule has 2 aliphatic rings.